The van der Waals surface area contributed by atoms with Gasteiger partial charge in [0, 0.05) is 19.0 Å². The predicted octanol–water partition coefficient (Wildman–Crippen LogP) is 2.87. The number of rotatable bonds is 7. The lowest BCUT2D eigenvalue weighted by molar-refractivity contribution is 0.0828. The van der Waals surface area contributed by atoms with Gasteiger partial charge in [0.2, 0.25) is 0 Å². The number of halogens is 1. The number of aromatic nitrogens is 1. The minimum Gasteiger partial charge on any atom is -0.386 e. The third-order valence-corrected chi connectivity index (χ3v) is 3.21. The number of pyridine rings is 1. The molecule has 19 heavy (non-hydrogen) atoms. The fraction of sp³-hybridized carbons (Fsp3) is 0.667. The first-order valence-electron chi connectivity index (χ1n) is 6.95. The molecule has 0 radical (unpaired) electrons. The summed E-state index contributed by atoms with van der Waals surface area (Å²) in [5, 5.41) is 10.2. The van der Waals surface area contributed by atoms with Crippen molar-refractivity contribution in [2.75, 3.05) is 19.6 Å². The molecule has 0 fully saturated rings. The van der Waals surface area contributed by atoms with E-state index in [0.717, 1.165) is 25.8 Å². The van der Waals surface area contributed by atoms with Crippen LogP contribution < -0.4 is 0 Å². The van der Waals surface area contributed by atoms with Crippen LogP contribution in [-0.2, 0) is 0 Å². The van der Waals surface area contributed by atoms with Gasteiger partial charge in [0.05, 0.1) is 18.0 Å². The van der Waals surface area contributed by atoms with Gasteiger partial charge in [-0.3, -0.25) is 4.98 Å². The van der Waals surface area contributed by atoms with Crippen molar-refractivity contribution in [1.82, 2.24) is 9.88 Å². The van der Waals surface area contributed by atoms with Gasteiger partial charge in [0.25, 0.3) is 0 Å². The highest BCUT2D eigenvalue weighted by Gasteiger charge is 2.20. The van der Waals surface area contributed by atoms with Gasteiger partial charge in [0.1, 0.15) is 5.82 Å². The van der Waals surface area contributed by atoms with Gasteiger partial charge in [-0.1, -0.05) is 27.7 Å². The zero-order valence-electron chi connectivity index (χ0n) is 12.3. The average Bonchev–Trinajstić information content (AvgIpc) is 2.37. The molecule has 1 rings (SSSR count). The molecular weight excluding hydrogens is 243 g/mol. The maximum absolute atomic E-state index is 12.8. The van der Waals surface area contributed by atoms with E-state index in [1.807, 2.05) is 6.92 Å². The molecule has 108 valence electrons. The number of aliphatic hydroxyl groups excluding tert-OH is 1. The summed E-state index contributed by atoms with van der Waals surface area (Å²) in [5.41, 5.74) is 0.537. The predicted molar refractivity (Wildman–Crippen MR) is 75.3 cm³/mol. The molecule has 3 nitrogen and oxygen atoms in total. The van der Waals surface area contributed by atoms with Crippen LogP contribution in [0.4, 0.5) is 4.39 Å². The van der Waals surface area contributed by atoms with E-state index in [9.17, 15) is 9.50 Å². The van der Waals surface area contributed by atoms with E-state index < -0.39 is 6.10 Å². The lowest BCUT2D eigenvalue weighted by atomic mass is 10.00. The quantitative estimate of drug-likeness (QED) is 0.826. The van der Waals surface area contributed by atoms with Crippen molar-refractivity contribution in [1.29, 1.82) is 0 Å². The zero-order valence-corrected chi connectivity index (χ0v) is 12.3. The third kappa shape index (κ3) is 5.25. The van der Waals surface area contributed by atoms with Crippen LogP contribution in [0.2, 0.25) is 0 Å². The van der Waals surface area contributed by atoms with E-state index in [-0.39, 0.29) is 11.7 Å². The Labute approximate surface area is 115 Å². The van der Waals surface area contributed by atoms with Crippen LogP contribution in [0.3, 0.4) is 0 Å². The molecule has 0 aliphatic rings. The molecule has 0 spiro atoms. The number of aliphatic hydroxyl groups is 1. The Morgan fingerprint density at radius 1 is 1.26 bits per heavy atom. The van der Waals surface area contributed by atoms with Gasteiger partial charge in [-0.15, -0.1) is 0 Å². The first kappa shape index (κ1) is 16.1. The SMILES string of the molecule is CCN(CC(C)C)CC(C)C(O)c1ccc(F)cn1. The first-order chi connectivity index (χ1) is 8.93. The molecule has 2 unspecified atom stereocenters. The van der Waals surface area contributed by atoms with Crippen LogP contribution in [0.15, 0.2) is 18.3 Å². The van der Waals surface area contributed by atoms with Crippen molar-refractivity contribution in [3.8, 4) is 0 Å². The molecular formula is C15H25FN2O. The summed E-state index contributed by atoms with van der Waals surface area (Å²) < 4.78 is 12.8. The van der Waals surface area contributed by atoms with Crippen molar-refractivity contribution in [2.45, 2.75) is 33.8 Å². The fourth-order valence-corrected chi connectivity index (χ4v) is 2.21. The molecule has 0 bridgehead atoms. The van der Waals surface area contributed by atoms with Crippen LogP contribution >= 0.6 is 0 Å². The second-order valence-corrected chi connectivity index (χ2v) is 5.57. The van der Waals surface area contributed by atoms with Gasteiger partial charge < -0.3 is 10.0 Å². The highest BCUT2D eigenvalue weighted by molar-refractivity contribution is 5.08. The summed E-state index contributed by atoms with van der Waals surface area (Å²) in [6.07, 6.45) is 0.499. The Morgan fingerprint density at radius 2 is 1.95 bits per heavy atom. The summed E-state index contributed by atoms with van der Waals surface area (Å²) in [5.74, 6) is 0.295. The summed E-state index contributed by atoms with van der Waals surface area (Å²) in [6, 6.07) is 2.89. The van der Waals surface area contributed by atoms with E-state index in [4.69, 9.17) is 0 Å². The molecule has 0 aliphatic heterocycles. The van der Waals surface area contributed by atoms with E-state index >= 15 is 0 Å². The highest BCUT2D eigenvalue weighted by atomic mass is 19.1. The Morgan fingerprint density at radius 3 is 2.42 bits per heavy atom. The van der Waals surface area contributed by atoms with Gasteiger partial charge in [-0.25, -0.2) is 4.39 Å². The molecule has 0 saturated heterocycles. The van der Waals surface area contributed by atoms with Crippen molar-refractivity contribution in [2.24, 2.45) is 11.8 Å². The topological polar surface area (TPSA) is 36.4 Å². The summed E-state index contributed by atoms with van der Waals surface area (Å²) in [4.78, 5) is 6.27. The van der Waals surface area contributed by atoms with Gasteiger partial charge in [0.15, 0.2) is 0 Å². The summed E-state index contributed by atoms with van der Waals surface area (Å²) in [7, 11) is 0. The van der Waals surface area contributed by atoms with E-state index in [1.54, 1.807) is 6.07 Å². The average molecular weight is 268 g/mol. The van der Waals surface area contributed by atoms with Crippen LogP contribution in [0, 0.1) is 17.7 Å². The molecule has 1 heterocycles. The minimum absolute atomic E-state index is 0.0664. The highest BCUT2D eigenvalue weighted by Crippen LogP contribution is 2.21. The third-order valence-electron chi connectivity index (χ3n) is 3.21. The molecule has 0 amide bonds. The standard InChI is InChI=1S/C15H25FN2O/c1-5-18(9-11(2)3)10-12(4)15(19)14-7-6-13(16)8-17-14/h6-8,11-12,15,19H,5,9-10H2,1-4H3. The second-order valence-electron chi connectivity index (χ2n) is 5.57. The fourth-order valence-electron chi connectivity index (χ4n) is 2.21. The number of hydrogen-bond donors (Lipinski definition) is 1. The Balaban J connectivity index is 2.60. The van der Waals surface area contributed by atoms with E-state index in [0.29, 0.717) is 11.6 Å². The summed E-state index contributed by atoms with van der Waals surface area (Å²) >= 11 is 0. The van der Waals surface area contributed by atoms with Crippen molar-refractivity contribution in [3.05, 3.63) is 29.8 Å². The number of hydrogen-bond acceptors (Lipinski definition) is 3. The monoisotopic (exact) mass is 268 g/mol. The smallest absolute Gasteiger partial charge is 0.141 e. The summed E-state index contributed by atoms with van der Waals surface area (Å²) in [6.45, 7) is 11.3. The van der Waals surface area contributed by atoms with Crippen LogP contribution in [0.1, 0.15) is 39.5 Å². The molecule has 1 aromatic heterocycles. The second kappa shape index (κ2) is 7.56. The Hall–Kier alpha value is -1.00. The van der Waals surface area contributed by atoms with Crippen LogP contribution in [0.25, 0.3) is 0 Å². The Bertz CT molecular complexity index is 367. The molecule has 1 aromatic rings. The lowest BCUT2D eigenvalue weighted by Gasteiger charge is -2.28. The Kier molecular flexibility index (Phi) is 6.38. The normalized spacial score (nSPS) is 14.9. The zero-order chi connectivity index (χ0) is 14.4. The first-order valence-corrected chi connectivity index (χ1v) is 6.95. The van der Waals surface area contributed by atoms with E-state index in [1.165, 1.54) is 6.07 Å². The maximum Gasteiger partial charge on any atom is 0.141 e. The van der Waals surface area contributed by atoms with Gasteiger partial charge >= 0.3 is 0 Å². The minimum atomic E-state index is -0.651. The van der Waals surface area contributed by atoms with Crippen LogP contribution in [-0.4, -0.2) is 34.6 Å². The molecule has 0 aromatic carbocycles. The van der Waals surface area contributed by atoms with Crippen molar-refractivity contribution in [3.63, 3.8) is 0 Å². The number of nitrogens with zero attached hydrogens (tertiary/aromatic N) is 2. The van der Waals surface area contributed by atoms with Crippen molar-refractivity contribution >= 4 is 0 Å². The molecule has 1 N–H and O–H groups in total. The molecule has 0 saturated carbocycles. The molecule has 2 atom stereocenters. The van der Waals surface area contributed by atoms with Gasteiger partial charge in [-0.2, -0.15) is 0 Å². The lowest BCUT2D eigenvalue weighted by Crippen LogP contribution is -2.33. The largest absolute Gasteiger partial charge is 0.386 e. The molecule has 0 aliphatic carbocycles. The van der Waals surface area contributed by atoms with Crippen LogP contribution in [0.5, 0.6) is 0 Å². The van der Waals surface area contributed by atoms with E-state index in [2.05, 4.69) is 30.7 Å². The maximum atomic E-state index is 12.8. The van der Waals surface area contributed by atoms with Gasteiger partial charge in [-0.05, 0) is 24.6 Å². The van der Waals surface area contributed by atoms with Crippen molar-refractivity contribution < 1.29 is 9.50 Å². The molecule has 4 heteroatoms.